The zero-order valence-electron chi connectivity index (χ0n) is 13.1. The second-order valence-corrected chi connectivity index (χ2v) is 6.86. The van der Waals surface area contributed by atoms with Crippen molar-refractivity contribution in [2.45, 2.75) is 0 Å². The van der Waals surface area contributed by atoms with E-state index >= 15 is 0 Å². The van der Waals surface area contributed by atoms with Crippen LogP contribution in [-0.4, -0.2) is 15.8 Å². The summed E-state index contributed by atoms with van der Waals surface area (Å²) in [6.45, 7) is 0. The van der Waals surface area contributed by atoms with Crippen molar-refractivity contribution in [2.24, 2.45) is 0 Å². The number of ketones is 2. The molecule has 0 saturated heterocycles. The number of benzene rings is 3. The molecule has 1 aliphatic carbocycles. The summed E-state index contributed by atoms with van der Waals surface area (Å²) in [5.41, 5.74) is 1.26. The molecule has 1 N–H and O–H groups in total. The highest BCUT2D eigenvalue weighted by Crippen LogP contribution is 2.25. The molecule has 4 nitrogen and oxygen atoms in total. The van der Waals surface area contributed by atoms with E-state index in [1.54, 1.807) is 30.3 Å². The average molecular weight is 347 g/mol. The van der Waals surface area contributed by atoms with Gasteiger partial charge in [-0.15, -0.1) is 0 Å². The fourth-order valence-corrected chi connectivity index (χ4v) is 3.79. The normalized spacial score (nSPS) is 14.8. The molecule has 0 radical (unpaired) electrons. The van der Waals surface area contributed by atoms with Gasteiger partial charge < -0.3 is 4.72 Å². The van der Waals surface area contributed by atoms with Gasteiger partial charge in [0, 0.05) is 22.9 Å². The van der Waals surface area contributed by atoms with E-state index in [2.05, 4.69) is 4.72 Å². The summed E-state index contributed by atoms with van der Waals surface area (Å²) in [4.78, 5) is 24.7. The topological polar surface area (TPSA) is 63.2 Å². The number of carbonyl (C=O) groups excluding carboxylic acids is 2. The minimum Gasteiger partial charge on any atom is -0.301 e. The van der Waals surface area contributed by atoms with Crippen LogP contribution >= 0.6 is 0 Å². The van der Waals surface area contributed by atoms with E-state index < -0.39 is 11.0 Å². The highest BCUT2D eigenvalue weighted by atomic mass is 32.2. The van der Waals surface area contributed by atoms with Gasteiger partial charge in [0.2, 0.25) is 5.78 Å². The maximum atomic E-state index is 12.6. The lowest BCUT2D eigenvalue weighted by atomic mass is 9.95. The van der Waals surface area contributed by atoms with Crippen LogP contribution in [0.4, 0.5) is 5.69 Å². The van der Waals surface area contributed by atoms with Gasteiger partial charge in [0.05, 0.1) is 0 Å². The highest BCUT2D eigenvalue weighted by molar-refractivity contribution is 7.91. The Labute approximate surface area is 146 Å². The first-order chi connectivity index (χ1) is 12.1. The summed E-state index contributed by atoms with van der Waals surface area (Å²) in [5, 5.41) is 2.06. The molecule has 1 atom stereocenters. The molecule has 0 heterocycles. The Morgan fingerprint density at radius 2 is 1.44 bits per heavy atom. The van der Waals surface area contributed by atoms with E-state index in [0.717, 1.165) is 16.8 Å². The summed E-state index contributed by atoms with van der Waals surface area (Å²) in [5.74, 6) is -0.694. The van der Waals surface area contributed by atoms with Gasteiger partial charge in [0.25, 0.3) is 0 Å². The van der Waals surface area contributed by atoms with Gasteiger partial charge in [-0.2, -0.15) is 0 Å². The minimum absolute atomic E-state index is 0.0307. The SMILES string of the molecule is O=C1C=C(S(=O)Nc2ccc3ccccc3c2)C(=O)c2ccccc21. The summed E-state index contributed by atoms with van der Waals surface area (Å²) in [6.07, 6.45) is 1.16. The third-order valence-electron chi connectivity index (χ3n) is 4.08. The number of carbonyl (C=O) groups is 2. The van der Waals surface area contributed by atoms with Crippen LogP contribution in [0.5, 0.6) is 0 Å². The first-order valence-corrected chi connectivity index (χ1v) is 8.85. The van der Waals surface area contributed by atoms with Gasteiger partial charge in [0.15, 0.2) is 16.8 Å². The maximum Gasteiger partial charge on any atom is 0.204 e. The predicted octanol–water partition coefficient (Wildman–Crippen LogP) is 3.88. The van der Waals surface area contributed by atoms with Crippen molar-refractivity contribution in [3.05, 3.63) is 88.8 Å². The standard InChI is InChI=1S/C20H13NO3S/c22-18-12-19(20(23)17-8-4-3-7-16(17)18)25(24)21-15-10-9-13-5-1-2-6-14(13)11-15/h1-12,21H. The lowest BCUT2D eigenvalue weighted by Gasteiger charge is -2.15. The molecule has 0 fully saturated rings. The fraction of sp³-hybridized carbons (Fsp3) is 0. The van der Waals surface area contributed by atoms with Crippen molar-refractivity contribution in [1.82, 2.24) is 0 Å². The largest absolute Gasteiger partial charge is 0.301 e. The van der Waals surface area contributed by atoms with E-state index in [-0.39, 0.29) is 16.5 Å². The number of anilines is 1. The van der Waals surface area contributed by atoms with Crippen LogP contribution in [0.25, 0.3) is 10.8 Å². The minimum atomic E-state index is -1.82. The van der Waals surface area contributed by atoms with E-state index in [4.69, 9.17) is 0 Å². The van der Waals surface area contributed by atoms with E-state index in [1.807, 2.05) is 36.4 Å². The van der Waals surface area contributed by atoms with Gasteiger partial charge in [0.1, 0.15) is 4.91 Å². The summed E-state index contributed by atoms with van der Waals surface area (Å²) in [7, 11) is -1.82. The Bertz CT molecular complexity index is 1090. The lowest BCUT2D eigenvalue weighted by molar-refractivity contribution is 0.0991. The van der Waals surface area contributed by atoms with E-state index in [0.29, 0.717) is 16.8 Å². The maximum absolute atomic E-state index is 12.6. The van der Waals surface area contributed by atoms with Crippen LogP contribution in [0, 0.1) is 0 Å². The number of nitrogens with one attached hydrogen (secondary N) is 1. The van der Waals surface area contributed by atoms with Gasteiger partial charge in [-0.25, -0.2) is 4.21 Å². The second kappa shape index (κ2) is 6.11. The quantitative estimate of drug-likeness (QED) is 0.782. The molecule has 25 heavy (non-hydrogen) atoms. The number of allylic oxidation sites excluding steroid dienone is 2. The Balaban J connectivity index is 1.64. The third-order valence-corrected chi connectivity index (χ3v) is 5.21. The molecule has 4 rings (SSSR count). The van der Waals surface area contributed by atoms with Crippen LogP contribution in [0.1, 0.15) is 20.7 Å². The van der Waals surface area contributed by atoms with Crippen molar-refractivity contribution >= 4 is 39.0 Å². The number of Topliss-reactive ketones (excluding diaryl/α,β-unsaturated/α-hetero) is 1. The Morgan fingerprint density at radius 3 is 2.24 bits per heavy atom. The number of hydrogen-bond donors (Lipinski definition) is 1. The zero-order valence-corrected chi connectivity index (χ0v) is 13.9. The molecule has 0 bridgehead atoms. The van der Waals surface area contributed by atoms with E-state index in [1.165, 1.54) is 0 Å². The van der Waals surface area contributed by atoms with Crippen LogP contribution in [0.3, 0.4) is 0 Å². The lowest BCUT2D eigenvalue weighted by Crippen LogP contribution is -2.22. The summed E-state index contributed by atoms with van der Waals surface area (Å²) < 4.78 is 15.4. The molecule has 0 spiro atoms. The highest BCUT2D eigenvalue weighted by Gasteiger charge is 2.28. The molecule has 0 aliphatic heterocycles. The van der Waals surface area contributed by atoms with E-state index in [9.17, 15) is 13.8 Å². The Hall–Kier alpha value is -3.05. The molecule has 122 valence electrons. The first-order valence-electron chi connectivity index (χ1n) is 7.70. The van der Waals surface area contributed by atoms with Crippen molar-refractivity contribution in [3.8, 4) is 0 Å². The monoisotopic (exact) mass is 347 g/mol. The molecular formula is C20H13NO3S. The molecule has 3 aromatic rings. The van der Waals surface area contributed by atoms with Gasteiger partial charge >= 0.3 is 0 Å². The molecule has 0 aromatic heterocycles. The first kappa shape index (κ1) is 15.5. The molecule has 0 saturated carbocycles. The Morgan fingerprint density at radius 1 is 0.760 bits per heavy atom. The van der Waals surface area contributed by atoms with Crippen molar-refractivity contribution in [3.63, 3.8) is 0 Å². The number of fused-ring (bicyclic) bond motifs is 2. The number of rotatable bonds is 3. The zero-order chi connectivity index (χ0) is 17.4. The van der Waals surface area contributed by atoms with Gasteiger partial charge in [-0.3, -0.25) is 9.59 Å². The molecule has 5 heteroatoms. The summed E-state index contributed by atoms with van der Waals surface area (Å²) >= 11 is 0. The predicted molar refractivity (Wildman–Crippen MR) is 98.9 cm³/mol. The van der Waals surface area contributed by atoms with Crippen molar-refractivity contribution < 1.29 is 13.8 Å². The van der Waals surface area contributed by atoms with Crippen LogP contribution < -0.4 is 4.72 Å². The number of hydrogen-bond acceptors (Lipinski definition) is 3. The van der Waals surface area contributed by atoms with Crippen molar-refractivity contribution in [2.75, 3.05) is 4.72 Å². The fourth-order valence-electron chi connectivity index (χ4n) is 2.84. The van der Waals surface area contributed by atoms with Crippen LogP contribution in [0.2, 0.25) is 0 Å². The third kappa shape index (κ3) is 2.79. The second-order valence-electron chi connectivity index (χ2n) is 5.68. The molecule has 0 amide bonds. The summed E-state index contributed by atoms with van der Waals surface area (Å²) in [6, 6.07) is 19.9. The van der Waals surface area contributed by atoms with Crippen LogP contribution in [0.15, 0.2) is 77.7 Å². The average Bonchev–Trinajstić information content (AvgIpc) is 2.64. The molecule has 1 unspecified atom stereocenters. The Kier molecular flexibility index (Phi) is 3.78. The van der Waals surface area contributed by atoms with Crippen molar-refractivity contribution in [1.29, 1.82) is 0 Å². The molecule has 1 aliphatic rings. The molecular weight excluding hydrogens is 334 g/mol. The smallest absolute Gasteiger partial charge is 0.204 e. The van der Waals surface area contributed by atoms with Gasteiger partial charge in [-0.1, -0.05) is 54.6 Å². The van der Waals surface area contributed by atoms with Gasteiger partial charge in [-0.05, 0) is 22.9 Å². The van der Waals surface area contributed by atoms with Crippen LogP contribution in [-0.2, 0) is 11.0 Å². The molecule has 3 aromatic carbocycles.